The summed E-state index contributed by atoms with van der Waals surface area (Å²) < 4.78 is 2.01. The van der Waals surface area contributed by atoms with Gasteiger partial charge in [0.15, 0.2) is 0 Å². The Morgan fingerprint density at radius 2 is 2.46 bits per heavy atom. The maximum absolute atomic E-state index is 5.63. The van der Waals surface area contributed by atoms with E-state index in [2.05, 4.69) is 18.1 Å². The monoisotopic (exact) mass is 175 g/mol. The molecule has 0 fully saturated rings. The summed E-state index contributed by atoms with van der Waals surface area (Å²) in [5, 5.41) is 4.26. The third kappa shape index (κ3) is 1.49. The van der Waals surface area contributed by atoms with Gasteiger partial charge in [-0.2, -0.15) is 5.10 Å². The lowest BCUT2D eigenvalue weighted by atomic mass is 10.1. The van der Waals surface area contributed by atoms with Crippen LogP contribution >= 0.6 is 0 Å². The lowest BCUT2D eigenvalue weighted by Crippen LogP contribution is -2.12. The van der Waals surface area contributed by atoms with E-state index in [1.807, 2.05) is 29.1 Å². The van der Waals surface area contributed by atoms with Gasteiger partial charge in [0.2, 0.25) is 0 Å². The second kappa shape index (κ2) is 3.09. The van der Waals surface area contributed by atoms with E-state index in [-0.39, 0.29) is 0 Å². The Labute approximate surface area is 77.5 Å². The summed E-state index contributed by atoms with van der Waals surface area (Å²) >= 11 is 0. The lowest BCUT2D eigenvalue weighted by molar-refractivity contribution is 0.525. The zero-order valence-electron chi connectivity index (χ0n) is 7.64. The van der Waals surface area contributed by atoms with Gasteiger partial charge in [0.1, 0.15) is 0 Å². The van der Waals surface area contributed by atoms with Crippen molar-refractivity contribution >= 4 is 0 Å². The van der Waals surface area contributed by atoms with Gasteiger partial charge in [0.05, 0.1) is 6.04 Å². The molecule has 2 rings (SSSR count). The van der Waals surface area contributed by atoms with E-state index in [0.717, 1.165) is 12.1 Å². The molecule has 1 aliphatic rings. The molecule has 1 aromatic rings. The van der Waals surface area contributed by atoms with E-state index in [9.17, 15) is 0 Å². The summed E-state index contributed by atoms with van der Waals surface area (Å²) in [5.74, 6) is 0. The predicted octanol–water partition coefficient (Wildman–Crippen LogP) is 1.54. The van der Waals surface area contributed by atoms with Crippen LogP contribution in [0, 0.1) is 6.92 Å². The number of hydrogen-bond donors (Lipinski definition) is 1. The van der Waals surface area contributed by atoms with E-state index in [0.29, 0.717) is 6.04 Å². The molecule has 1 atom stereocenters. The molecule has 1 aliphatic carbocycles. The van der Waals surface area contributed by atoms with Crippen LogP contribution in [0.1, 0.15) is 18.2 Å². The molecule has 0 saturated carbocycles. The predicted molar refractivity (Wildman–Crippen MR) is 52.0 cm³/mol. The quantitative estimate of drug-likeness (QED) is 0.703. The fourth-order valence-corrected chi connectivity index (χ4v) is 1.53. The van der Waals surface area contributed by atoms with Gasteiger partial charge in [-0.3, -0.25) is 4.68 Å². The van der Waals surface area contributed by atoms with Gasteiger partial charge in [-0.05, 0) is 25.5 Å². The molecule has 1 unspecified atom stereocenters. The summed E-state index contributed by atoms with van der Waals surface area (Å²) in [7, 11) is 0. The Morgan fingerprint density at radius 1 is 1.62 bits per heavy atom. The Hall–Kier alpha value is -1.51. The third-order valence-electron chi connectivity index (χ3n) is 2.29. The van der Waals surface area contributed by atoms with Crippen molar-refractivity contribution in [2.24, 2.45) is 5.73 Å². The second-order valence-corrected chi connectivity index (χ2v) is 3.28. The zero-order chi connectivity index (χ0) is 9.26. The van der Waals surface area contributed by atoms with Crippen LogP contribution in [0.3, 0.4) is 0 Å². The van der Waals surface area contributed by atoms with Crippen LogP contribution in [0.5, 0.6) is 0 Å². The van der Waals surface area contributed by atoms with Gasteiger partial charge in [-0.1, -0.05) is 12.2 Å². The minimum atomic E-state index is 0.335. The Bertz CT molecular complexity index is 360. The van der Waals surface area contributed by atoms with Crippen LogP contribution in [-0.2, 0) is 0 Å². The van der Waals surface area contributed by atoms with E-state index < -0.39 is 0 Å². The highest BCUT2D eigenvalue weighted by molar-refractivity contribution is 5.22. The van der Waals surface area contributed by atoms with Gasteiger partial charge >= 0.3 is 0 Å². The van der Waals surface area contributed by atoms with Crippen LogP contribution in [0.15, 0.2) is 36.2 Å². The second-order valence-electron chi connectivity index (χ2n) is 3.28. The largest absolute Gasteiger partial charge is 0.399 e. The molecule has 68 valence electrons. The maximum Gasteiger partial charge on any atom is 0.0741 e. The number of hydrogen-bond acceptors (Lipinski definition) is 2. The van der Waals surface area contributed by atoms with Crippen molar-refractivity contribution in [1.29, 1.82) is 0 Å². The lowest BCUT2D eigenvalue weighted by Gasteiger charge is -2.16. The maximum atomic E-state index is 5.63. The number of aryl methyl sites for hydroxylation is 1. The molecule has 0 aromatic carbocycles. The summed E-state index contributed by atoms with van der Waals surface area (Å²) in [4.78, 5) is 0. The molecule has 1 heterocycles. The molecule has 2 N–H and O–H groups in total. The Balaban J connectivity index is 2.22. The van der Waals surface area contributed by atoms with Crippen molar-refractivity contribution < 1.29 is 0 Å². The minimum Gasteiger partial charge on any atom is -0.399 e. The van der Waals surface area contributed by atoms with Gasteiger partial charge in [0, 0.05) is 17.6 Å². The smallest absolute Gasteiger partial charge is 0.0741 e. The molecule has 0 radical (unpaired) electrons. The first-order valence-electron chi connectivity index (χ1n) is 4.41. The van der Waals surface area contributed by atoms with Crippen molar-refractivity contribution in [2.45, 2.75) is 19.4 Å². The first kappa shape index (κ1) is 8.10. The molecule has 0 saturated heterocycles. The van der Waals surface area contributed by atoms with Crippen LogP contribution in [0.2, 0.25) is 0 Å². The Kier molecular flexibility index (Phi) is 1.93. The molecule has 13 heavy (non-hydrogen) atoms. The SMILES string of the molecule is Cc1ccnn1C1C=CC(N)=CC1. The van der Waals surface area contributed by atoms with Crippen molar-refractivity contribution in [3.63, 3.8) is 0 Å². The van der Waals surface area contributed by atoms with E-state index in [1.54, 1.807) is 0 Å². The first-order valence-corrected chi connectivity index (χ1v) is 4.41. The number of aromatic nitrogens is 2. The number of nitrogens with zero attached hydrogens (tertiary/aromatic N) is 2. The summed E-state index contributed by atoms with van der Waals surface area (Å²) in [5.41, 5.74) is 7.67. The number of nitrogens with two attached hydrogens (primary N) is 1. The van der Waals surface area contributed by atoms with Gasteiger partial charge in [-0.15, -0.1) is 0 Å². The van der Waals surface area contributed by atoms with Crippen LogP contribution in [0.25, 0.3) is 0 Å². The third-order valence-corrected chi connectivity index (χ3v) is 2.29. The van der Waals surface area contributed by atoms with Crippen LogP contribution < -0.4 is 5.73 Å². The molecular weight excluding hydrogens is 162 g/mol. The molecule has 0 spiro atoms. The molecule has 1 aromatic heterocycles. The molecule has 0 aliphatic heterocycles. The van der Waals surface area contributed by atoms with Gasteiger partial charge < -0.3 is 5.73 Å². The Morgan fingerprint density at radius 3 is 3.00 bits per heavy atom. The van der Waals surface area contributed by atoms with Crippen LogP contribution in [0.4, 0.5) is 0 Å². The van der Waals surface area contributed by atoms with Crippen molar-refractivity contribution in [1.82, 2.24) is 9.78 Å². The molecule has 3 nitrogen and oxygen atoms in total. The van der Waals surface area contributed by atoms with Crippen molar-refractivity contribution in [3.05, 3.63) is 41.9 Å². The first-order chi connectivity index (χ1) is 6.27. The summed E-state index contributed by atoms with van der Waals surface area (Å²) in [6.45, 7) is 2.06. The summed E-state index contributed by atoms with van der Waals surface area (Å²) in [6.07, 6.45) is 8.83. The van der Waals surface area contributed by atoms with E-state index >= 15 is 0 Å². The molecule has 0 amide bonds. The molecular formula is C10H13N3. The standard InChI is InChI=1S/C10H13N3/c1-8-6-7-12-13(8)10-4-2-9(11)3-5-10/h2-4,6-7,10H,5,11H2,1H3. The van der Waals surface area contributed by atoms with E-state index in [4.69, 9.17) is 5.73 Å². The normalized spacial score (nSPS) is 21.6. The number of allylic oxidation sites excluding steroid dienone is 3. The molecule has 0 bridgehead atoms. The number of rotatable bonds is 1. The van der Waals surface area contributed by atoms with Gasteiger partial charge in [-0.25, -0.2) is 0 Å². The highest BCUT2D eigenvalue weighted by Gasteiger charge is 2.11. The fourth-order valence-electron chi connectivity index (χ4n) is 1.53. The fraction of sp³-hybridized carbons (Fsp3) is 0.300. The average molecular weight is 175 g/mol. The van der Waals surface area contributed by atoms with E-state index in [1.165, 1.54) is 5.69 Å². The average Bonchev–Trinajstić information content (AvgIpc) is 2.53. The zero-order valence-corrected chi connectivity index (χ0v) is 7.64. The van der Waals surface area contributed by atoms with Gasteiger partial charge in [0.25, 0.3) is 0 Å². The highest BCUT2D eigenvalue weighted by Crippen LogP contribution is 2.19. The highest BCUT2D eigenvalue weighted by atomic mass is 15.3. The minimum absolute atomic E-state index is 0.335. The van der Waals surface area contributed by atoms with Crippen molar-refractivity contribution in [3.8, 4) is 0 Å². The van der Waals surface area contributed by atoms with Crippen LogP contribution in [-0.4, -0.2) is 9.78 Å². The summed E-state index contributed by atoms with van der Waals surface area (Å²) in [6, 6.07) is 2.34. The van der Waals surface area contributed by atoms with Crippen molar-refractivity contribution in [2.75, 3.05) is 0 Å². The molecule has 3 heteroatoms. The topological polar surface area (TPSA) is 43.8 Å².